The lowest BCUT2D eigenvalue weighted by atomic mass is 10.3. The molecule has 1 atom stereocenters. The SMILES string of the molecule is O=CNC(C(=O)O)c1nccs1. The Morgan fingerprint density at radius 2 is 2.58 bits per heavy atom. The molecular weight excluding hydrogens is 180 g/mol. The van der Waals surface area contributed by atoms with Gasteiger partial charge in [-0.1, -0.05) is 0 Å². The number of amides is 1. The summed E-state index contributed by atoms with van der Waals surface area (Å²) in [5.74, 6) is -1.11. The third-order valence-corrected chi connectivity index (χ3v) is 2.02. The third kappa shape index (κ3) is 1.79. The van der Waals surface area contributed by atoms with Crippen molar-refractivity contribution in [2.75, 3.05) is 0 Å². The standard InChI is InChI=1S/C6H6N2O3S/c9-3-8-4(6(10)11)5-7-1-2-12-5/h1-4H,(H,8,9)(H,10,11). The molecule has 0 saturated carbocycles. The van der Waals surface area contributed by atoms with Crippen LogP contribution in [0.25, 0.3) is 0 Å². The van der Waals surface area contributed by atoms with Gasteiger partial charge in [-0.2, -0.15) is 0 Å². The van der Waals surface area contributed by atoms with Gasteiger partial charge in [-0.15, -0.1) is 11.3 Å². The van der Waals surface area contributed by atoms with E-state index in [4.69, 9.17) is 5.11 Å². The topological polar surface area (TPSA) is 79.3 Å². The molecular formula is C6H6N2O3S. The fourth-order valence-corrected chi connectivity index (χ4v) is 1.38. The fourth-order valence-electron chi connectivity index (χ4n) is 0.693. The predicted octanol–water partition coefficient (Wildman–Crippen LogP) is 0.0148. The Morgan fingerprint density at radius 3 is 3.00 bits per heavy atom. The van der Waals surface area contributed by atoms with E-state index >= 15 is 0 Å². The quantitative estimate of drug-likeness (QED) is 0.649. The van der Waals surface area contributed by atoms with Crippen molar-refractivity contribution in [3.05, 3.63) is 16.6 Å². The van der Waals surface area contributed by atoms with E-state index in [0.717, 1.165) is 0 Å². The Labute approximate surface area is 72.1 Å². The molecule has 0 aliphatic carbocycles. The first-order valence-corrected chi connectivity index (χ1v) is 3.95. The molecule has 0 saturated heterocycles. The first-order chi connectivity index (χ1) is 5.75. The Balaban J connectivity index is 2.80. The van der Waals surface area contributed by atoms with Gasteiger partial charge in [0.05, 0.1) is 0 Å². The largest absolute Gasteiger partial charge is 0.479 e. The molecule has 64 valence electrons. The predicted molar refractivity (Wildman–Crippen MR) is 41.7 cm³/mol. The summed E-state index contributed by atoms with van der Waals surface area (Å²) in [6.45, 7) is 0. The van der Waals surface area contributed by atoms with Crippen LogP contribution in [0.1, 0.15) is 11.0 Å². The molecule has 1 heterocycles. The second-order valence-corrected chi connectivity index (χ2v) is 2.85. The summed E-state index contributed by atoms with van der Waals surface area (Å²) in [7, 11) is 0. The van der Waals surface area contributed by atoms with Crippen LogP contribution in [0.15, 0.2) is 11.6 Å². The van der Waals surface area contributed by atoms with E-state index in [1.165, 1.54) is 17.5 Å². The highest BCUT2D eigenvalue weighted by Crippen LogP contribution is 2.14. The summed E-state index contributed by atoms with van der Waals surface area (Å²) in [5, 5.41) is 12.8. The number of carbonyl (C=O) groups excluding carboxylic acids is 1. The van der Waals surface area contributed by atoms with Crippen molar-refractivity contribution >= 4 is 23.7 Å². The minimum Gasteiger partial charge on any atom is -0.479 e. The van der Waals surface area contributed by atoms with E-state index < -0.39 is 12.0 Å². The molecule has 0 bridgehead atoms. The molecule has 0 aliphatic heterocycles. The molecule has 1 unspecified atom stereocenters. The number of carboxylic acids is 1. The van der Waals surface area contributed by atoms with E-state index in [1.54, 1.807) is 5.38 Å². The van der Waals surface area contributed by atoms with Gasteiger partial charge in [0.1, 0.15) is 5.01 Å². The van der Waals surface area contributed by atoms with Crippen molar-refractivity contribution in [3.63, 3.8) is 0 Å². The van der Waals surface area contributed by atoms with Crippen LogP contribution in [0.2, 0.25) is 0 Å². The Bertz CT molecular complexity index is 272. The van der Waals surface area contributed by atoms with Crippen molar-refractivity contribution in [3.8, 4) is 0 Å². The highest BCUT2D eigenvalue weighted by molar-refractivity contribution is 7.09. The van der Waals surface area contributed by atoms with Crippen molar-refractivity contribution in [1.29, 1.82) is 0 Å². The van der Waals surface area contributed by atoms with E-state index in [9.17, 15) is 9.59 Å². The number of hydrogen-bond acceptors (Lipinski definition) is 4. The Morgan fingerprint density at radius 1 is 1.83 bits per heavy atom. The maximum Gasteiger partial charge on any atom is 0.333 e. The zero-order chi connectivity index (χ0) is 8.97. The number of hydrogen-bond donors (Lipinski definition) is 2. The van der Waals surface area contributed by atoms with Gasteiger partial charge in [-0.05, 0) is 0 Å². The van der Waals surface area contributed by atoms with Crippen molar-refractivity contribution in [1.82, 2.24) is 10.3 Å². The van der Waals surface area contributed by atoms with Crippen LogP contribution in [-0.2, 0) is 9.59 Å². The van der Waals surface area contributed by atoms with E-state index in [2.05, 4.69) is 10.3 Å². The molecule has 12 heavy (non-hydrogen) atoms. The van der Waals surface area contributed by atoms with Gasteiger partial charge in [0.25, 0.3) is 0 Å². The minimum atomic E-state index is -1.11. The van der Waals surface area contributed by atoms with Crippen molar-refractivity contribution in [2.45, 2.75) is 6.04 Å². The van der Waals surface area contributed by atoms with Crippen LogP contribution in [0, 0.1) is 0 Å². The van der Waals surface area contributed by atoms with Crippen LogP contribution in [-0.4, -0.2) is 22.5 Å². The number of nitrogens with one attached hydrogen (secondary N) is 1. The summed E-state index contributed by atoms with van der Waals surface area (Å²) >= 11 is 1.19. The second-order valence-electron chi connectivity index (χ2n) is 1.93. The smallest absolute Gasteiger partial charge is 0.333 e. The van der Waals surface area contributed by atoms with Crippen LogP contribution in [0.4, 0.5) is 0 Å². The van der Waals surface area contributed by atoms with Gasteiger partial charge >= 0.3 is 5.97 Å². The van der Waals surface area contributed by atoms with E-state index in [0.29, 0.717) is 11.4 Å². The lowest BCUT2D eigenvalue weighted by Crippen LogP contribution is -2.26. The molecule has 0 aromatic carbocycles. The van der Waals surface area contributed by atoms with Gasteiger partial charge < -0.3 is 10.4 Å². The number of rotatable bonds is 4. The Kier molecular flexibility index (Phi) is 2.76. The van der Waals surface area contributed by atoms with Gasteiger partial charge in [-0.3, -0.25) is 4.79 Å². The molecule has 1 rings (SSSR count). The van der Waals surface area contributed by atoms with Crippen LogP contribution < -0.4 is 5.32 Å². The highest BCUT2D eigenvalue weighted by Gasteiger charge is 2.20. The lowest BCUT2D eigenvalue weighted by molar-refractivity contribution is -0.140. The summed E-state index contributed by atoms with van der Waals surface area (Å²) in [4.78, 5) is 24.3. The molecule has 5 nitrogen and oxygen atoms in total. The zero-order valence-corrected chi connectivity index (χ0v) is 6.75. The molecule has 1 aromatic rings. The van der Waals surface area contributed by atoms with Crippen LogP contribution >= 0.6 is 11.3 Å². The Hall–Kier alpha value is -1.43. The number of thiazole rings is 1. The number of carbonyl (C=O) groups is 2. The number of nitrogens with zero attached hydrogens (tertiary/aromatic N) is 1. The van der Waals surface area contributed by atoms with E-state index in [1.807, 2.05) is 0 Å². The maximum absolute atomic E-state index is 10.5. The molecule has 0 aliphatic rings. The average Bonchev–Trinajstić information content (AvgIpc) is 2.51. The normalized spacial score (nSPS) is 12.0. The number of carboxylic acid groups (broad SMARTS) is 1. The molecule has 0 radical (unpaired) electrons. The monoisotopic (exact) mass is 186 g/mol. The fraction of sp³-hybridized carbons (Fsp3) is 0.167. The maximum atomic E-state index is 10.5. The van der Waals surface area contributed by atoms with Crippen molar-refractivity contribution < 1.29 is 14.7 Å². The number of aliphatic carboxylic acids is 1. The van der Waals surface area contributed by atoms with Crippen LogP contribution in [0.3, 0.4) is 0 Å². The molecule has 0 fully saturated rings. The first kappa shape index (κ1) is 8.66. The zero-order valence-electron chi connectivity index (χ0n) is 5.93. The van der Waals surface area contributed by atoms with Gasteiger partial charge in [0.15, 0.2) is 6.04 Å². The molecule has 1 aromatic heterocycles. The minimum absolute atomic E-state index is 0.347. The first-order valence-electron chi connectivity index (χ1n) is 3.07. The van der Waals surface area contributed by atoms with Gasteiger partial charge in [0.2, 0.25) is 6.41 Å². The van der Waals surface area contributed by atoms with Crippen molar-refractivity contribution in [2.24, 2.45) is 0 Å². The molecule has 0 spiro atoms. The van der Waals surface area contributed by atoms with Gasteiger partial charge in [-0.25, -0.2) is 9.78 Å². The third-order valence-electron chi connectivity index (χ3n) is 1.18. The lowest BCUT2D eigenvalue weighted by Gasteiger charge is -2.05. The molecule has 2 N–H and O–H groups in total. The molecule has 1 amide bonds. The number of aromatic nitrogens is 1. The highest BCUT2D eigenvalue weighted by atomic mass is 32.1. The molecule has 6 heteroatoms. The summed E-state index contributed by atoms with van der Waals surface area (Å²) in [5.41, 5.74) is 0. The summed E-state index contributed by atoms with van der Waals surface area (Å²) in [6.07, 6.45) is 1.84. The summed E-state index contributed by atoms with van der Waals surface area (Å²) < 4.78 is 0. The average molecular weight is 186 g/mol. The summed E-state index contributed by atoms with van der Waals surface area (Å²) in [6, 6.07) is -1.03. The van der Waals surface area contributed by atoms with E-state index in [-0.39, 0.29) is 0 Å². The van der Waals surface area contributed by atoms with Crippen LogP contribution in [0.5, 0.6) is 0 Å². The second kappa shape index (κ2) is 3.82. The van der Waals surface area contributed by atoms with Gasteiger partial charge in [0, 0.05) is 11.6 Å².